The van der Waals surface area contributed by atoms with E-state index in [2.05, 4.69) is 80.1 Å². The zero-order valence-electron chi connectivity index (χ0n) is 13.6. The lowest BCUT2D eigenvalue weighted by molar-refractivity contribution is 0.509. The Bertz CT molecular complexity index is 615. The van der Waals surface area contributed by atoms with Gasteiger partial charge in [-0.3, -0.25) is 0 Å². The Labute approximate surface area is 134 Å². The summed E-state index contributed by atoms with van der Waals surface area (Å²) < 4.78 is 0. The molecule has 1 heteroatoms. The first-order chi connectivity index (χ1) is 10.8. The number of hydrogen-bond donors (Lipinski definition) is 0. The molecule has 0 heterocycles. The fourth-order valence-electron chi connectivity index (χ4n) is 2.76. The zero-order valence-corrected chi connectivity index (χ0v) is 13.6. The highest BCUT2D eigenvalue weighted by Crippen LogP contribution is 2.28. The van der Waals surface area contributed by atoms with Crippen molar-refractivity contribution in [2.24, 2.45) is 0 Å². The van der Waals surface area contributed by atoms with Crippen molar-refractivity contribution >= 4 is 5.57 Å². The lowest BCUT2D eigenvalue weighted by Gasteiger charge is -2.23. The molecule has 0 N–H and O–H groups in total. The highest BCUT2D eigenvalue weighted by atomic mass is 15.1. The van der Waals surface area contributed by atoms with Crippen LogP contribution in [0.2, 0.25) is 0 Å². The molecule has 0 atom stereocenters. The molecule has 2 rings (SSSR count). The minimum absolute atomic E-state index is 0.992. The first-order valence-electron chi connectivity index (χ1n) is 7.89. The SMILES string of the molecule is C=C/C=C\C(=C/C)N(C)C1=CCC=C(c2ccccc2)CC1. The molecule has 1 aliphatic carbocycles. The van der Waals surface area contributed by atoms with Gasteiger partial charge in [0.15, 0.2) is 0 Å². The number of allylic oxidation sites excluding steroid dienone is 8. The molecule has 0 aliphatic heterocycles. The number of hydrogen-bond acceptors (Lipinski definition) is 1. The molecule has 1 aromatic rings. The molecule has 0 bridgehead atoms. The minimum Gasteiger partial charge on any atom is -0.349 e. The van der Waals surface area contributed by atoms with Gasteiger partial charge < -0.3 is 4.90 Å². The highest BCUT2D eigenvalue weighted by molar-refractivity contribution is 5.66. The van der Waals surface area contributed by atoms with Crippen LogP contribution in [0.4, 0.5) is 0 Å². The summed E-state index contributed by atoms with van der Waals surface area (Å²) in [6.07, 6.45) is 15.9. The maximum atomic E-state index is 3.74. The molecule has 114 valence electrons. The van der Waals surface area contributed by atoms with Crippen LogP contribution in [0.3, 0.4) is 0 Å². The van der Waals surface area contributed by atoms with E-state index in [1.165, 1.54) is 22.5 Å². The molecule has 0 aromatic heterocycles. The third-order valence-corrected chi connectivity index (χ3v) is 4.03. The summed E-state index contributed by atoms with van der Waals surface area (Å²) in [5.74, 6) is 0. The van der Waals surface area contributed by atoms with E-state index in [9.17, 15) is 0 Å². The Kier molecular flexibility index (Phi) is 6.02. The van der Waals surface area contributed by atoms with Crippen LogP contribution in [-0.4, -0.2) is 11.9 Å². The molecule has 1 aromatic carbocycles. The zero-order chi connectivity index (χ0) is 15.8. The van der Waals surface area contributed by atoms with Gasteiger partial charge >= 0.3 is 0 Å². The molecule has 1 aliphatic rings. The van der Waals surface area contributed by atoms with Gasteiger partial charge in [-0.25, -0.2) is 0 Å². The molecular weight excluding hydrogens is 266 g/mol. The van der Waals surface area contributed by atoms with Crippen LogP contribution >= 0.6 is 0 Å². The lowest BCUT2D eigenvalue weighted by Crippen LogP contribution is -2.16. The van der Waals surface area contributed by atoms with Gasteiger partial charge in [-0.1, -0.05) is 67.3 Å². The number of rotatable bonds is 5. The van der Waals surface area contributed by atoms with Gasteiger partial charge in [0.05, 0.1) is 0 Å². The Hall–Kier alpha value is -2.28. The van der Waals surface area contributed by atoms with E-state index >= 15 is 0 Å². The monoisotopic (exact) mass is 291 g/mol. The van der Waals surface area contributed by atoms with Gasteiger partial charge in [-0.05, 0) is 43.4 Å². The van der Waals surface area contributed by atoms with Crippen LogP contribution in [0.1, 0.15) is 31.7 Å². The van der Waals surface area contributed by atoms with E-state index in [-0.39, 0.29) is 0 Å². The second kappa shape index (κ2) is 8.23. The lowest BCUT2D eigenvalue weighted by atomic mass is 10.0. The normalized spacial score (nSPS) is 16.0. The molecular formula is C21H25N. The van der Waals surface area contributed by atoms with Crippen LogP contribution in [0.15, 0.2) is 84.8 Å². The standard InChI is InChI=1S/C21H25N/c1-4-6-14-20(5-2)22(3)21-15-10-13-19(16-17-21)18-11-8-7-9-12-18/h4-9,11-15H,1,10,16-17H2,2-3H3/b14-6-,20-5+. The van der Waals surface area contributed by atoms with E-state index in [0.29, 0.717) is 0 Å². The molecule has 0 spiro atoms. The third kappa shape index (κ3) is 4.11. The van der Waals surface area contributed by atoms with Crippen molar-refractivity contribution in [3.63, 3.8) is 0 Å². The maximum Gasteiger partial charge on any atom is 0.0362 e. The van der Waals surface area contributed by atoms with E-state index in [0.717, 1.165) is 19.3 Å². The second-order valence-electron chi connectivity index (χ2n) is 5.39. The predicted octanol–water partition coefficient (Wildman–Crippen LogP) is 5.72. The van der Waals surface area contributed by atoms with Gasteiger partial charge in [-0.2, -0.15) is 0 Å². The predicted molar refractivity (Wildman–Crippen MR) is 97.2 cm³/mol. The van der Waals surface area contributed by atoms with Crippen LogP contribution in [0.5, 0.6) is 0 Å². The molecule has 0 unspecified atom stereocenters. The Balaban J connectivity index is 2.07. The average molecular weight is 291 g/mol. The van der Waals surface area contributed by atoms with Crippen molar-refractivity contribution in [1.29, 1.82) is 0 Å². The van der Waals surface area contributed by atoms with Crippen molar-refractivity contribution in [2.75, 3.05) is 7.05 Å². The van der Waals surface area contributed by atoms with Gasteiger partial charge in [0.2, 0.25) is 0 Å². The molecule has 0 saturated heterocycles. The van der Waals surface area contributed by atoms with Crippen molar-refractivity contribution in [1.82, 2.24) is 4.90 Å². The molecule has 0 saturated carbocycles. The van der Waals surface area contributed by atoms with Crippen LogP contribution in [0, 0.1) is 0 Å². The number of likely N-dealkylation sites (N-methyl/N-ethyl adjacent to an activating group) is 1. The van der Waals surface area contributed by atoms with Crippen LogP contribution < -0.4 is 0 Å². The second-order valence-corrected chi connectivity index (χ2v) is 5.39. The topological polar surface area (TPSA) is 3.24 Å². The van der Waals surface area contributed by atoms with Crippen molar-refractivity contribution in [3.05, 3.63) is 90.3 Å². The molecule has 22 heavy (non-hydrogen) atoms. The summed E-state index contributed by atoms with van der Waals surface area (Å²) in [6, 6.07) is 10.7. The van der Waals surface area contributed by atoms with Crippen molar-refractivity contribution in [3.8, 4) is 0 Å². The Morgan fingerprint density at radius 3 is 2.59 bits per heavy atom. The fraction of sp³-hybridized carbons (Fsp3) is 0.238. The van der Waals surface area contributed by atoms with Crippen molar-refractivity contribution < 1.29 is 0 Å². The van der Waals surface area contributed by atoms with Gasteiger partial charge in [0.1, 0.15) is 0 Å². The summed E-state index contributed by atoms with van der Waals surface area (Å²) in [5, 5.41) is 0. The van der Waals surface area contributed by atoms with E-state index < -0.39 is 0 Å². The Morgan fingerprint density at radius 1 is 1.14 bits per heavy atom. The van der Waals surface area contributed by atoms with Gasteiger partial charge in [0.25, 0.3) is 0 Å². The number of nitrogens with zero attached hydrogens (tertiary/aromatic N) is 1. The maximum absolute atomic E-state index is 3.74. The quantitative estimate of drug-likeness (QED) is 0.627. The summed E-state index contributed by atoms with van der Waals surface area (Å²) in [4.78, 5) is 2.28. The number of benzene rings is 1. The molecule has 1 nitrogen and oxygen atoms in total. The summed E-state index contributed by atoms with van der Waals surface area (Å²) in [6.45, 7) is 5.82. The average Bonchev–Trinajstić information content (AvgIpc) is 2.82. The van der Waals surface area contributed by atoms with E-state index in [1.807, 2.05) is 12.2 Å². The molecule has 0 amide bonds. The van der Waals surface area contributed by atoms with Gasteiger partial charge in [0, 0.05) is 18.4 Å². The van der Waals surface area contributed by atoms with E-state index in [4.69, 9.17) is 0 Å². The van der Waals surface area contributed by atoms with Gasteiger partial charge in [-0.15, -0.1) is 0 Å². The smallest absolute Gasteiger partial charge is 0.0362 e. The summed E-state index contributed by atoms with van der Waals surface area (Å²) in [7, 11) is 2.14. The van der Waals surface area contributed by atoms with Crippen LogP contribution in [-0.2, 0) is 0 Å². The first kappa shape index (κ1) is 16.1. The fourth-order valence-corrected chi connectivity index (χ4v) is 2.76. The summed E-state index contributed by atoms with van der Waals surface area (Å²) in [5.41, 5.74) is 5.37. The first-order valence-corrected chi connectivity index (χ1v) is 7.89. The minimum atomic E-state index is 0.992. The Morgan fingerprint density at radius 2 is 1.91 bits per heavy atom. The molecule has 0 radical (unpaired) electrons. The third-order valence-electron chi connectivity index (χ3n) is 4.03. The van der Waals surface area contributed by atoms with Crippen molar-refractivity contribution in [2.45, 2.75) is 26.2 Å². The van der Waals surface area contributed by atoms with Crippen LogP contribution in [0.25, 0.3) is 5.57 Å². The largest absolute Gasteiger partial charge is 0.349 e. The van der Waals surface area contributed by atoms with E-state index in [1.54, 1.807) is 0 Å². The summed E-state index contributed by atoms with van der Waals surface area (Å²) >= 11 is 0. The highest BCUT2D eigenvalue weighted by Gasteiger charge is 2.11. The molecule has 0 fully saturated rings.